The molecule has 122 valence electrons. The van der Waals surface area contributed by atoms with Crippen LogP contribution in [0.15, 0.2) is 29.9 Å². The lowest BCUT2D eigenvalue weighted by atomic mass is 10.1. The van der Waals surface area contributed by atoms with Gasteiger partial charge in [-0.05, 0) is 36.0 Å². The zero-order chi connectivity index (χ0) is 16.5. The number of benzene rings is 1. The van der Waals surface area contributed by atoms with E-state index in [1.807, 2.05) is 0 Å². The highest BCUT2D eigenvalue weighted by molar-refractivity contribution is 7.16. The molecule has 2 aromatic heterocycles. The monoisotopic (exact) mass is 358 g/mol. The maximum Gasteiger partial charge on any atom is 0.244 e. The lowest BCUT2D eigenvalue weighted by molar-refractivity contribution is -0.116. The normalized spacial score (nSPS) is 13.2. The summed E-state index contributed by atoms with van der Waals surface area (Å²) in [5.74, 6) is 0.0635. The number of carbonyl (C=O) groups is 1. The Kier molecular flexibility index (Phi) is 4.16. The number of halogens is 1. The van der Waals surface area contributed by atoms with Crippen LogP contribution < -0.4 is 4.90 Å². The highest BCUT2D eigenvalue weighted by Crippen LogP contribution is 2.25. The minimum atomic E-state index is -0.207. The number of fused-ring (bicyclic) bond motifs is 2. The topological polar surface area (TPSA) is 59.0 Å². The Morgan fingerprint density at radius 2 is 2.12 bits per heavy atom. The van der Waals surface area contributed by atoms with E-state index in [0.29, 0.717) is 12.5 Å². The van der Waals surface area contributed by atoms with Gasteiger partial charge in [0.25, 0.3) is 0 Å². The molecular weight excluding hydrogens is 344 g/mol. The SMILES string of the molecule is O=C(CCl)N(Cc1ccc2c(c1)CCC2)c1ncc2ncsc2n1. The number of aromatic nitrogens is 3. The second-order valence-electron chi connectivity index (χ2n) is 5.78. The molecule has 0 radical (unpaired) electrons. The highest BCUT2D eigenvalue weighted by Gasteiger charge is 2.20. The van der Waals surface area contributed by atoms with Gasteiger partial charge in [0.15, 0.2) is 0 Å². The summed E-state index contributed by atoms with van der Waals surface area (Å²) in [4.78, 5) is 27.6. The number of amides is 1. The van der Waals surface area contributed by atoms with E-state index in [9.17, 15) is 4.79 Å². The smallest absolute Gasteiger partial charge is 0.244 e. The molecule has 0 N–H and O–H groups in total. The molecule has 0 bridgehead atoms. The van der Waals surface area contributed by atoms with E-state index in [1.165, 1.54) is 28.9 Å². The first-order chi connectivity index (χ1) is 11.7. The first-order valence-electron chi connectivity index (χ1n) is 7.78. The van der Waals surface area contributed by atoms with Crippen LogP contribution >= 0.6 is 22.9 Å². The molecule has 1 amide bonds. The van der Waals surface area contributed by atoms with Crippen molar-refractivity contribution in [2.45, 2.75) is 25.8 Å². The second kappa shape index (κ2) is 6.45. The lowest BCUT2D eigenvalue weighted by Crippen LogP contribution is -2.32. The van der Waals surface area contributed by atoms with Crippen molar-refractivity contribution >= 4 is 45.1 Å². The Bertz CT molecular complexity index is 910. The van der Waals surface area contributed by atoms with Gasteiger partial charge in [0, 0.05) is 0 Å². The van der Waals surface area contributed by atoms with Crippen molar-refractivity contribution < 1.29 is 4.79 Å². The Morgan fingerprint density at radius 1 is 1.25 bits per heavy atom. The van der Waals surface area contributed by atoms with Crippen LogP contribution in [0.1, 0.15) is 23.1 Å². The number of alkyl halides is 1. The maximum atomic E-state index is 12.3. The van der Waals surface area contributed by atoms with Crippen molar-refractivity contribution in [2.75, 3.05) is 10.8 Å². The molecule has 1 aromatic carbocycles. The number of hydrogen-bond acceptors (Lipinski definition) is 5. The molecule has 24 heavy (non-hydrogen) atoms. The van der Waals surface area contributed by atoms with Crippen LogP contribution in [0.25, 0.3) is 10.3 Å². The van der Waals surface area contributed by atoms with Crippen molar-refractivity contribution in [3.63, 3.8) is 0 Å². The largest absolute Gasteiger partial charge is 0.275 e. The molecule has 2 heterocycles. The molecule has 0 unspecified atom stereocenters. The van der Waals surface area contributed by atoms with Crippen LogP contribution in [0, 0.1) is 0 Å². The maximum absolute atomic E-state index is 12.3. The first-order valence-corrected chi connectivity index (χ1v) is 9.19. The minimum Gasteiger partial charge on any atom is -0.275 e. The van der Waals surface area contributed by atoms with Gasteiger partial charge < -0.3 is 0 Å². The van der Waals surface area contributed by atoms with Crippen molar-refractivity contribution in [3.8, 4) is 0 Å². The molecule has 3 aromatic rings. The molecule has 5 nitrogen and oxygen atoms in total. The number of thiazole rings is 1. The van der Waals surface area contributed by atoms with Crippen LogP contribution in [-0.2, 0) is 24.2 Å². The van der Waals surface area contributed by atoms with E-state index < -0.39 is 0 Å². The number of carbonyl (C=O) groups excluding carboxylic acids is 1. The van der Waals surface area contributed by atoms with E-state index in [0.717, 1.165) is 28.8 Å². The molecule has 0 aliphatic heterocycles. The van der Waals surface area contributed by atoms with Crippen LogP contribution in [0.2, 0.25) is 0 Å². The van der Waals surface area contributed by atoms with Gasteiger partial charge in [-0.1, -0.05) is 18.2 Å². The summed E-state index contributed by atoms with van der Waals surface area (Å²) in [7, 11) is 0. The zero-order valence-electron chi connectivity index (χ0n) is 12.9. The Labute approximate surface area is 148 Å². The van der Waals surface area contributed by atoms with Crippen LogP contribution in [-0.4, -0.2) is 26.7 Å². The van der Waals surface area contributed by atoms with E-state index in [-0.39, 0.29) is 11.8 Å². The van der Waals surface area contributed by atoms with Gasteiger partial charge in [0.2, 0.25) is 11.9 Å². The third kappa shape index (κ3) is 2.87. The average molecular weight is 359 g/mol. The fourth-order valence-corrected chi connectivity index (χ4v) is 3.81. The average Bonchev–Trinajstić information content (AvgIpc) is 3.26. The number of anilines is 1. The van der Waals surface area contributed by atoms with Gasteiger partial charge in [-0.3, -0.25) is 9.69 Å². The summed E-state index contributed by atoms with van der Waals surface area (Å²) in [5, 5.41) is 0. The number of nitrogens with zero attached hydrogens (tertiary/aromatic N) is 4. The summed E-state index contributed by atoms with van der Waals surface area (Å²) in [6.07, 6.45) is 5.10. The fraction of sp³-hybridized carbons (Fsp3) is 0.294. The van der Waals surface area contributed by atoms with E-state index in [2.05, 4.69) is 33.2 Å². The summed E-state index contributed by atoms with van der Waals surface area (Å²) in [6, 6.07) is 6.42. The second-order valence-corrected chi connectivity index (χ2v) is 6.88. The molecule has 4 rings (SSSR count). The van der Waals surface area contributed by atoms with E-state index >= 15 is 0 Å². The van der Waals surface area contributed by atoms with Crippen LogP contribution in [0.5, 0.6) is 0 Å². The molecule has 0 atom stereocenters. The molecule has 0 saturated carbocycles. The van der Waals surface area contributed by atoms with Gasteiger partial charge in [-0.15, -0.1) is 22.9 Å². The summed E-state index contributed by atoms with van der Waals surface area (Å²) < 4.78 is 0. The summed E-state index contributed by atoms with van der Waals surface area (Å²) in [6.45, 7) is 0.420. The number of rotatable bonds is 4. The van der Waals surface area contributed by atoms with E-state index in [1.54, 1.807) is 16.6 Å². The Hall–Kier alpha value is -2.05. The quantitative estimate of drug-likeness (QED) is 0.671. The zero-order valence-corrected chi connectivity index (χ0v) is 14.5. The third-order valence-corrected chi connectivity index (χ3v) is 5.20. The van der Waals surface area contributed by atoms with E-state index in [4.69, 9.17) is 11.6 Å². The molecule has 0 saturated heterocycles. The van der Waals surface area contributed by atoms with Crippen molar-refractivity contribution in [3.05, 3.63) is 46.6 Å². The third-order valence-electron chi connectivity index (χ3n) is 4.24. The Morgan fingerprint density at radius 3 is 3.00 bits per heavy atom. The van der Waals surface area contributed by atoms with Gasteiger partial charge >= 0.3 is 0 Å². The van der Waals surface area contributed by atoms with Crippen LogP contribution in [0.3, 0.4) is 0 Å². The molecule has 0 spiro atoms. The van der Waals surface area contributed by atoms with Gasteiger partial charge in [0.1, 0.15) is 16.2 Å². The lowest BCUT2D eigenvalue weighted by Gasteiger charge is -2.20. The molecule has 0 fully saturated rings. The van der Waals surface area contributed by atoms with Crippen LogP contribution in [0.4, 0.5) is 5.95 Å². The predicted octanol–water partition coefficient (Wildman–Crippen LogP) is 3.35. The predicted molar refractivity (Wildman–Crippen MR) is 95.6 cm³/mol. The van der Waals surface area contributed by atoms with Gasteiger partial charge in [0.05, 0.1) is 18.3 Å². The summed E-state index contributed by atoms with van der Waals surface area (Å²) in [5.41, 5.74) is 6.32. The number of hydrogen-bond donors (Lipinski definition) is 0. The molecular formula is C17H15ClN4OS. The summed E-state index contributed by atoms with van der Waals surface area (Å²) >= 11 is 7.22. The van der Waals surface area contributed by atoms with Crippen molar-refractivity contribution in [2.24, 2.45) is 0 Å². The van der Waals surface area contributed by atoms with Crippen molar-refractivity contribution in [1.82, 2.24) is 15.0 Å². The number of aryl methyl sites for hydroxylation is 2. The first kappa shape index (κ1) is 15.5. The van der Waals surface area contributed by atoms with Gasteiger partial charge in [-0.2, -0.15) is 4.98 Å². The fourth-order valence-electron chi connectivity index (χ4n) is 3.04. The van der Waals surface area contributed by atoms with Gasteiger partial charge in [-0.25, -0.2) is 9.97 Å². The standard InChI is InChI=1S/C17H15ClN4OS/c18-7-15(23)22(17-19-8-14-16(21-17)24-10-20-14)9-11-4-5-12-2-1-3-13(12)6-11/h4-6,8,10H,1-3,7,9H2. The minimum absolute atomic E-state index is 0.102. The Balaban J connectivity index is 1.67. The molecule has 7 heteroatoms. The van der Waals surface area contributed by atoms with Crippen molar-refractivity contribution in [1.29, 1.82) is 0 Å². The highest BCUT2D eigenvalue weighted by atomic mass is 35.5. The molecule has 1 aliphatic rings. The molecule has 1 aliphatic carbocycles.